The highest BCUT2D eigenvalue weighted by molar-refractivity contribution is 5.98. The lowest BCUT2D eigenvalue weighted by atomic mass is 10.0. The van der Waals surface area contributed by atoms with Gasteiger partial charge in [0.25, 0.3) is 0 Å². The molecule has 0 aliphatic heterocycles. The molecule has 1 aromatic rings. The Kier molecular flexibility index (Phi) is 3.09. The van der Waals surface area contributed by atoms with E-state index in [9.17, 15) is 0 Å². The van der Waals surface area contributed by atoms with Crippen LogP contribution in [0.1, 0.15) is 22.3 Å². The summed E-state index contributed by atoms with van der Waals surface area (Å²) in [5.74, 6) is 11.0. The molecule has 4 heteroatoms. The smallest absolute Gasteiger partial charge is 0.166 e. The predicted octanol–water partition coefficient (Wildman–Crippen LogP) is 0.695. The van der Waals surface area contributed by atoms with Crippen molar-refractivity contribution < 1.29 is 0 Å². The van der Waals surface area contributed by atoms with Crippen molar-refractivity contribution >= 4 is 5.84 Å². The first-order chi connectivity index (χ1) is 6.60. The maximum Gasteiger partial charge on any atom is 0.166 e. The molecular formula is C10H16N4. The van der Waals surface area contributed by atoms with E-state index in [0.29, 0.717) is 5.84 Å². The average Bonchev–Trinajstić information content (AvgIpc) is 2.16. The van der Waals surface area contributed by atoms with Crippen LogP contribution in [0.2, 0.25) is 0 Å². The molecule has 0 amide bonds. The number of nitrogens with two attached hydrogens (primary N) is 2. The van der Waals surface area contributed by atoms with Crippen LogP contribution in [0.25, 0.3) is 0 Å². The number of nitrogens with zero attached hydrogens (tertiary/aromatic N) is 1. The number of rotatable bonds is 1. The van der Waals surface area contributed by atoms with E-state index in [4.69, 9.17) is 11.7 Å². The lowest BCUT2D eigenvalue weighted by Crippen LogP contribution is -2.32. The molecule has 4 nitrogen and oxygen atoms in total. The van der Waals surface area contributed by atoms with Crippen molar-refractivity contribution in [2.75, 3.05) is 0 Å². The summed E-state index contributed by atoms with van der Waals surface area (Å²) in [5, 5.41) is 3.57. The predicted molar refractivity (Wildman–Crippen MR) is 58.7 cm³/mol. The van der Waals surface area contributed by atoms with Gasteiger partial charge in [-0.15, -0.1) is 0 Å². The van der Waals surface area contributed by atoms with Crippen LogP contribution < -0.4 is 17.1 Å². The number of amidine groups is 1. The van der Waals surface area contributed by atoms with Gasteiger partial charge < -0.3 is 11.3 Å². The summed E-state index contributed by atoms with van der Waals surface area (Å²) >= 11 is 0. The number of benzene rings is 1. The quantitative estimate of drug-likeness (QED) is 0.265. The van der Waals surface area contributed by atoms with Crippen LogP contribution in [0.4, 0.5) is 0 Å². The Morgan fingerprint density at radius 3 is 2.07 bits per heavy atom. The van der Waals surface area contributed by atoms with E-state index < -0.39 is 0 Å². The molecule has 14 heavy (non-hydrogen) atoms. The van der Waals surface area contributed by atoms with Gasteiger partial charge in [0.2, 0.25) is 0 Å². The standard InChI is InChI=1S/C10H16N4/c1-6-4-9(10(13-11)14-12)5-7(2)8(6)3/h4-5H,11-12H2,1-3H3,(H,13,14). The maximum absolute atomic E-state index is 5.29. The number of aryl methyl sites for hydroxylation is 2. The van der Waals surface area contributed by atoms with Crippen molar-refractivity contribution in [1.82, 2.24) is 5.43 Å². The molecule has 76 valence electrons. The molecule has 0 bridgehead atoms. The Labute approximate surface area is 84.0 Å². The van der Waals surface area contributed by atoms with Crippen molar-refractivity contribution in [3.05, 3.63) is 34.4 Å². The second kappa shape index (κ2) is 4.11. The Hall–Kier alpha value is -1.55. The first-order valence-electron chi connectivity index (χ1n) is 4.43. The van der Waals surface area contributed by atoms with Crippen molar-refractivity contribution in [1.29, 1.82) is 0 Å². The minimum Gasteiger partial charge on any atom is -0.321 e. The molecule has 0 saturated carbocycles. The van der Waals surface area contributed by atoms with Gasteiger partial charge in [-0.3, -0.25) is 0 Å². The van der Waals surface area contributed by atoms with Gasteiger partial charge in [0.05, 0.1) is 0 Å². The number of hydrazine groups is 1. The van der Waals surface area contributed by atoms with E-state index >= 15 is 0 Å². The van der Waals surface area contributed by atoms with E-state index in [1.807, 2.05) is 12.1 Å². The molecule has 0 aromatic heterocycles. The molecule has 0 saturated heterocycles. The van der Waals surface area contributed by atoms with E-state index in [0.717, 1.165) is 5.56 Å². The van der Waals surface area contributed by atoms with Crippen LogP contribution in [-0.4, -0.2) is 5.84 Å². The second-order valence-corrected chi connectivity index (χ2v) is 3.36. The lowest BCUT2D eigenvalue weighted by Gasteiger charge is -2.09. The van der Waals surface area contributed by atoms with Gasteiger partial charge in [-0.25, -0.2) is 5.84 Å². The Balaban J connectivity index is 3.25. The molecule has 0 atom stereocenters. The van der Waals surface area contributed by atoms with Crippen LogP contribution in [0.5, 0.6) is 0 Å². The molecule has 0 aliphatic carbocycles. The monoisotopic (exact) mass is 192 g/mol. The molecular weight excluding hydrogens is 176 g/mol. The average molecular weight is 192 g/mol. The van der Waals surface area contributed by atoms with Crippen LogP contribution >= 0.6 is 0 Å². The number of nitrogens with one attached hydrogen (secondary N) is 1. The zero-order valence-corrected chi connectivity index (χ0v) is 8.76. The molecule has 0 radical (unpaired) electrons. The first kappa shape index (κ1) is 10.5. The van der Waals surface area contributed by atoms with Gasteiger partial charge in [0, 0.05) is 5.56 Å². The first-order valence-corrected chi connectivity index (χ1v) is 4.43. The highest BCUT2D eigenvalue weighted by atomic mass is 15.3. The topological polar surface area (TPSA) is 76.4 Å². The van der Waals surface area contributed by atoms with Gasteiger partial charge in [-0.05, 0) is 49.6 Å². The summed E-state index contributed by atoms with van der Waals surface area (Å²) in [6.07, 6.45) is 0. The molecule has 0 heterocycles. The molecule has 0 fully saturated rings. The van der Waals surface area contributed by atoms with Crippen LogP contribution in [0, 0.1) is 20.8 Å². The molecule has 1 rings (SSSR count). The second-order valence-electron chi connectivity index (χ2n) is 3.36. The molecule has 0 spiro atoms. The third-order valence-electron chi connectivity index (χ3n) is 2.47. The zero-order valence-electron chi connectivity index (χ0n) is 8.76. The fourth-order valence-corrected chi connectivity index (χ4v) is 1.37. The summed E-state index contributed by atoms with van der Waals surface area (Å²) < 4.78 is 0. The number of hydrazone groups is 1. The van der Waals surface area contributed by atoms with E-state index in [1.54, 1.807) is 0 Å². The Morgan fingerprint density at radius 2 is 1.71 bits per heavy atom. The van der Waals surface area contributed by atoms with Crippen molar-refractivity contribution in [3.63, 3.8) is 0 Å². The van der Waals surface area contributed by atoms with Crippen LogP contribution in [-0.2, 0) is 0 Å². The lowest BCUT2D eigenvalue weighted by molar-refractivity contribution is 1.00. The minimum absolute atomic E-state index is 0.496. The summed E-state index contributed by atoms with van der Waals surface area (Å²) in [6, 6.07) is 4.02. The normalized spacial score (nSPS) is 11.6. The van der Waals surface area contributed by atoms with Crippen molar-refractivity contribution in [2.45, 2.75) is 20.8 Å². The third-order valence-corrected chi connectivity index (χ3v) is 2.47. The van der Waals surface area contributed by atoms with E-state index in [2.05, 4.69) is 31.3 Å². The van der Waals surface area contributed by atoms with Gasteiger partial charge in [-0.2, -0.15) is 5.10 Å². The van der Waals surface area contributed by atoms with Gasteiger partial charge in [0.15, 0.2) is 5.84 Å². The largest absolute Gasteiger partial charge is 0.321 e. The van der Waals surface area contributed by atoms with Gasteiger partial charge in [0.1, 0.15) is 0 Å². The fraction of sp³-hybridized carbons (Fsp3) is 0.300. The van der Waals surface area contributed by atoms with Gasteiger partial charge >= 0.3 is 0 Å². The number of hydrogen-bond acceptors (Lipinski definition) is 3. The summed E-state index contributed by atoms with van der Waals surface area (Å²) in [6.45, 7) is 6.19. The highest BCUT2D eigenvalue weighted by Gasteiger charge is 2.05. The summed E-state index contributed by atoms with van der Waals surface area (Å²) in [5.41, 5.74) is 7.07. The van der Waals surface area contributed by atoms with Crippen molar-refractivity contribution in [2.24, 2.45) is 16.8 Å². The molecule has 0 unspecified atom stereocenters. The maximum atomic E-state index is 5.29. The van der Waals surface area contributed by atoms with E-state index in [-0.39, 0.29) is 0 Å². The van der Waals surface area contributed by atoms with E-state index in [1.165, 1.54) is 16.7 Å². The van der Waals surface area contributed by atoms with Crippen LogP contribution in [0.3, 0.4) is 0 Å². The molecule has 1 aromatic carbocycles. The summed E-state index contributed by atoms with van der Waals surface area (Å²) in [7, 11) is 0. The minimum atomic E-state index is 0.496. The Morgan fingerprint density at radius 1 is 1.21 bits per heavy atom. The molecule has 5 N–H and O–H groups in total. The van der Waals surface area contributed by atoms with Gasteiger partial charge in [-0.1, -0.05) is 0 Å². The van der Waals surface area contributed by atoms with Crippen LogP contribution in [0.15, 0.2) is 17.2 Å². The number of hydrogen-bond donors (Lipinski definition) is 3. The molecule has 0 aliphatic rings. The third kappa shape index (κ3) is 1.85. The summed E-state index contributed by atoms with van der Waals surface area (Å²) in [4.78, 5) is 0. The Bertz CT molecular complexity index is 345. The zero-order chi connectivity index (χ0) is 10.7. The SMILES string of the molecule is Cc1cc(/C(=N/N)NN)cc(C)c1C. The fourth-order valence-electron chi connectivity index (χ4n) is 1.37. The highest BCUT2D eigenvalue weighted by Crippen LogP contribution is 2.15. The van der Waals surface area contributed by atoms with Crippen molar-refractivity contribution in [3.8, 4) is 0 Å².